The molecule has 1 fully saturated rings. The summed E-state index contributed by atoms with van der Waals surface area (Å²) in [6, 6.07) is -0.681. The highest BCUT2D eigenvalue weighted by atomic mass is 79.9. The van der Waals surface area contributed by atoms with Gasteiger partial charge in [0.15, 0.2) is 0 Å². The molecule has 2 aliphatic heterocycles. The maximum absolute atomic E-state index is 11.8. The van der Waals surface area contributed by atoms with Gasteiger partial charge in [0.1, 0.15) is 17.1 Å². The van der Waals surface area contributed by atoms with Gasteiger partial charge in [-0.05, 0) is 0 Å². The van der Waals surface area contributed by atoms with Crippen molar-refractivity contribution in [1.82, 2.24) is 10.2 Å². The second-order valence-electron chi connectivity index (χ2n) is 3.65. The number of rotatable bonds is 3. The zero-order valence-electron chi connectivity index (χ0n) is 8.85. The minimum atomic E-state index is -1.23. The summed E-state index contributed by atoms with van der Waals surface area (Å²) < 4.78 is 0. The van der Waals surface area contributed by atoms with Crippen molar-refractivity contribution in [2.24, 2.45) is 0 Å². The van der Waals surface area contributed by atoms with Gasteiger partial charge >= 0.3 is 5.97 Å². The van der Waals surface area contributed by atoms with Crippen LogP contribution >= 0.6 is 39.3 Å². The van der Waals surface area contributed by atoms with Crippen LogP contribution in [0.5, 0.6) is 0 Å². The minimum Gasteiger partial charge on any atom is -0.477 e. The lowest BCUT2D eigenvalue weighted by atomic mass is 10.1. The average Bonchev–Trinajstić information content (AvgIpc) is 2.34. The highest BCUT2D eigenvalue weighted by molar-refractivity contribution is 9.09. The van der Waals surface area contributed by atoms with Gasteiger partial charge in [-0.2, -0.15) is 0 Å². The smallest absolute Gasteiger partial charge is 0.353 e. The number of carboxylic acids is 1. The lowest BCUT2D eigenvalue weighted by molar-refractivity contribution is -0.150. The molecule has 0 bridgehead atoms. The van der Waals surface area contributed by atoms with Gasteiger partial charge in [-0.15, -0.1) is 11.8 Å². The molecule has 0 aliphatic carbocycles. The first-order valence-electron chi connectivity index (χ1n) is 4.89. The SMILES string of the molecule is O=C(CBr)N[C@@H]1C(=O)N2C(C(=O)O)=C(Cl)CS[C@@H]12. The average molecular weight is 356 g/mol. The Bertz CT molecular complexity index is 469. The Morgan fingerprint density at radius 3 is 2.83 bits per heavy atom. The largest absolute Gasteiger partial charge is 0.477 e. The molecule has 0 unspecified atom stereocenters. The molecule has 98 valence electrons. The van der Waals surface area contributed by atoms with Gasteiger partial charge in [0.25, 0.3) is 5.91 Å². The quantitative estimate of drug-likeness (QED) is 0.562. The van der Waals surface area contributed by atoms with Crippen molar-refractivity contribution in [2.45, 2.75) is 11.4 Å². The van der Waals surface area contributed by atoms with Gasteiger partial charge < -0.3 is 10.4 Å². The number of nitrogens with zero attached hydrogens (tertiary/aromatic N) is 1. The van der Waals surface area contributed by atoms with Gasteiger partial charge in [0.2, 0.25) is 5.91 Å². The fourth-order valence-corrected chi connectivity index (χ4v) is 3.51. The Balaban J connectivity index is 2.18. The molecule has 2 atom stereocenters. The summed E-state index contributed by atoms with van der Waals surface area (Å²) in [7, 11) is 0. The summed E-state index contributed by atoms with van der Waals surface area (Å²) in [4.78, 5) is 35.2. The number of carboxylic acid groups (broad SMARTS) is 1. The van der Waals surface area contributed by atoms with Crippen LogP contribution in [-0.2, 0) is 14.4 Å². The maximum Gasteiger partial charge on any atom is 0.353 e. The van der Waals surface area contributed by atoms with E-state index in [-0.39, 0.29) is 22.0 Å². The second-order valence-corrected chi connectivity index (χ2v) is 5.77. The Labute approximate surface area is 120 Å². The topological polar surface area (TPSA) is 86.7 Å². The number of carbonyl (C=O) groups is 3. The van der Waals surface area contributed by atoms with Crippen molar-refractivity contribution in [3.8, 4) is 0 Å². The normalized spacial score (nSPS) is 26.6. The lowest BCUT2D eigenvalue weighted by Gasteiger charge is -2.48. The summed E-state index contributed by atoms with van der Waals surface area (Å²) in [6.07, 6.45) is 0. The molecule has 0 aromatic carbocycles. The Kier molecular flexibility index (Phi) is 3.88. The minimum absolute atomic E-state index is 0.0938. The summed E-state index contributed by atoms with van der Waals surface area (Å²) in [6.45, 7) is 0. The molecular formula is C9H8BrClN2O4S. The van der Waals surface area contributed by atoms with E-state index < -0.39 is 23.3 Å². The fraction of sp³-hybridized carbons (Fsp3) is 0.444. The molecule has 1 saturated heterocycles. The number of amides is 2. The predicted octanol–water partition coefficient (Wildman–Crippen LogP) is 0.316. The number of aliphatic carboxylic acids is 1. The van der Waals surface area contributed by atoms with Gasteiger partial charge in [-0.1, -0.05) is 27.5 Å². The molecule has 2 amide bonds. The number of nitrogens with one attached hydrogen (secondary N) is 1. The van der Waals surface area contributed by atoms with Gasteiger partial charge in [-0.3, -0.25) is 14.5 Å². The molecule has 6 nitrogen and oxygen atoms in total. The molecule has 18 heavy (non-hydrogen) atoms. The molecule has 0 spiro atoms. The maximum atomic E-state index is 11.8. The number of thioether (sulfide) groups is 1. The van der Waals surface area contributed by atoms with Crippen LogP contribution in [0.15, 0.2) is 10.7 Å². The third-order valence-electron chi connectivity index (χ3n) is 2.56. The molecule has 2 rings (SSSR count). The molecular weight excluding hydrogens is 348 g/mol. The van der Waals surface area contributed by atoms with Crippen molar-refractivity contribution >= 4 is 57.1 Å². The number of hydrogen-bond donors (Lipinski definition) is 2. The van der Waals surface area contributed by atoms with Crippen molar-refractivity contribution < 1.29 is 19.5 Å². The van der Waals surface area contributed by atoms with E-state index >= 15 is 0 Å². The standard InChI is InChI=1S/C9H8BrClN2O4S/c10-1-4(14)12-5-7(15)13-6(9(16)17)3(11)2-18-8(5)13/h5,8H,1-2H2,(H,12,14)(H,16,17)/t5-,8+/m1/s1. The molecule has 0 radical (unpaired) electrons. The molecule has 0 saturated carbocycles. The first kappa shape index (κ1) is 13.7. The van der Waals surface area contributed by atoms with E-state index in [1.807, 2.05) is 0 Å². The second kappa shape index (κ2) is 5.10. The summed E-state index contributed by atoms with van der Waals surface area (Å²) in [5, 5.41) is 11.4. The molecule has 2 N–H and O–H groups in total. The predicted molar refractivity (Wildman–Crippen MR) is 69.3 cm³/mol. The van der Waals surface area contributed by atoms with Crippen LogP contribution in [0, 0.1) is 0 Å². The number of alkyl halides is 1. The number of fused-ring (bicyclic) bond motifs is 1. The summed E-state index contributed by atoms with van der Waals surface area (Å²) in [5.41, 5.74) is -0.185. The fourth-order valence-electron chi connectivity index (χ4n) is 1.79. The molecule has 0 aromatic rings. The van der Waals surface area contributed by atoms with E-state index in [0.29, 0.717) is 5.75 Å². The Morgan fingerprint density at radius 1 is 1.61 bits per heavy atom. The van der Waals surface area contributed by atoms with Crippen molar-refractivity contribution in [2.75, 3.05) is 11.1 Å². The highest BCUT2D eigenvalue weighted by Crippen LogP contribution is 2.41. The van der Waals surface area contributed by atoms with Crippen LogP contribution in [0.25, 0.3) is 0 Å². The van der Waals surface area contributed by atoms with Crippen LogP contribution < -0.4 is 5.32 Å². The van der Waals surface area contributed by atoms with Crippen LogP contribution in [-0.4, -0.2) is 50.3 Å². The molecule has 2 aliphatic rings. The van der Waals surface area contributed by atoms with Crippen LogP contribution in [0.2, 0.25) is 0 Å². The van der Waals surface area contributed by atoms with Crippen molar-refractivity contribution in [3.05, 3.63) is 10.7 Å². The lowest BCUT2D eigenvalue weighted by Crippen LogP contribution is -2.70. The molecule has 9 heteroatoms. The van der Waals surface area contributed by atoms with E-state index in [1.165, 1.54) is 11.8 Å². The van der Waals surface area contributed by atoms with Crippen LogP contribution in [0.3, 0.4) is 0 Å². The van der Waals surface area contributed by atoms with Crippen LogP contribution in [0.1, 0.15) is 0 Å². The number of carbonyl (C=O) groups excluding carboxylic acids is 2. The van der Waals surface area contributed by atoms with Crippen molar-refractivity contribution in [1.29, 1.82) is 0 Å². The van der Waals surface area contributed by atoms with E-state index in [0.717, 1.165) is 4.90 Å². The van der Waals surface area contributed by atoms with Gasteiger partial charge in [0, 0.05) is 5.75 Å². The number of halogens is 2. The first-order valence-corrected chi connectivity index (χ1v) is 7.44. The number of hydrogen-bond acceptors (Lipinski definition) is 4. The molecule has 2 heterocycles. The first-order chi connectivity index (χ1) is 8.47. The zero-order valence-corrected chi connectivity index (χ0v) is 12.0. The van der Waals surface area contributed by atoms with E-state index in [9.17, 15) is 14.4 Å². The zero-order chi connectivity index (χ0) is 13.4. The third-order valence-corrected chi connectivity index (χ3v) is 4.82. The number of β-lactam (4-membered cyclic amide) rings is 1. The summed E-state index contributed by atoms with van der Waals surface area (Å²) in [5.74, 6) is -1.68. The Morgan fingerprint density at radius 2 is 2.28 bits per heavy atom. The van der Waals surface area contributed by atoms with Crippen LogP contribution in [0.4, 0.5) is 0 Å². The van der Waals surface area contributed by atoms with Crippen molar-refractivity contribution in [3.63, 3.8) is 0 Å². The van der Waals surface area contributed by atoms with E-state index in [1.54, 1.807) is 0 Å². The highest BCUT2D eigenvalue weighted by Gasteiger charge is 2.54. The van der Waals surface area contributed by atoms with E-state index in [4.69, 9.17) is 16.7 Å². The van der Waals surface area contributed by atoms with Gasteiger partial charge in [0.05, 0.1) is 10.4 Å². The van der Waals surface area contributed by atoms with E-state index in [2.05, 4.69) is 21.2 Å². The summed E-state index contributed by atoms with van der Waals surface area (Å²) >= 11 is 10.1. The Hall–Kier alpha value is -0.730. The molecule has 0 aromatic heterocycles. The monoisotopic (exact) mass is 354 g/mol. The third kappa shape index (κ3) is 2.12. The van der Waals surface area contributed by atoms with Gasteiger partial charge in [-0.25, -0.2) is 4.79 Å².